The van der Waals surface area contributed by atoms with Gasteiger partial charge >= 0.3 is 0 Å². The first kappa shape index (κ1) is 13.0. The van der Waals surface area contributed by atoms with Gasteiger partial charge in [-0.1, -0.05) is 6.07 Å². The maximum atomic E-state index is 12.1. The topological polar surface area (TPSA) is 68.0 Å². The van der Waals surface area contributed by atoms with Crippen molar-refractivity contribution in [2.75, 3.05) is 0 Å². The van der Waals surface area contributed by atoms with Crippen LogP contribution in [0, 0.1) is 5.92 Å². The van der Waals surface area contributed by atoms with Gasteiger partial charge in [-0.2, -0.15) is 0 Å². The van der Waals surface area contributed by atoms with Crippen LogP contribution in [0.1, 0.15) is 44.2 Å². The number of nitrogens with two attached hydrogens (primary N) is 1. The van der Waals surface area contributed by atoms with E-state index in [1.807, 2.05) is 19.1 Å². The van der Waals surface area contributed by atoms with Gasteiger partial charge in [0, 0.05) is 24.4 Å². The summed E-state index contributed by atoms with van der Waals surface area (Å²) in [5.74, 6) is 0.280. The fraction of sp³-hybridized carbons (Fsp3) is 0.571. The number of nitrogens with one attached hydrogen (secondary N) is 1. The predicted octanol–water partition coefficient (Wildman–Crippen LogP) is 1.78. The molecule has 0 saturated heterocycles. The summed E-state index contributed by atoms with van der Waals surface area (Å²) in [6.07, 6.45) is 7.26. The zero-order chi connectivity index (χ0) is 13.0. The Bertz CT molecular complexity index is 385. The van der Waals surface area contributed by atoms with Crippen molar-refractivity contribution in [3.8, 4) is 0 Å². The second kappa shape index (κ2) is 5.96. The normalized spacial score (nSPS) is 25.4. The Morgan fingerprint density at radius 3 is 2.78 bits per heavy atom. The Morgan fingerprint density at radius 2 is 2.17 bits per heavy atom. The van der Waals surface area contributed by atoms with Crippen LogP contribution in [0.4, 0.5) is 0 Å². The van der Waals surface area contributed by atoms with Crippen molar-refractivity contribution in [1.82, 2.24) is 10.3 Å². The van der Waals surface area contributed by atoms with Gasteiger partial charge in [0.15, 0.2) is 0 Å². The molecule has 1 aliphatic carbocycles. The van der Waals surface area contributed by atoms with Crippen LogP contribution in [-0.4, -0.2) is 16.9 Å². The molecule has 1 heterocycles. The van der Waals surface area contributed by atoms with Crippen molar-refractivity contribution < 1.29 is 4.79 Å². The zero-order valence-corrected chi connectivity index (χ0v) is 10.8. The smallest absolute Gasteiger partial charge is 0.223 e. The molecule has 18 heavy (non-hydrogen) atoms. The standard InChI is InChI=1S/C14H21N3O/c1-10(12-3-2-8-16-9-12)17-14(18)11-4-6-13(15)7-5-11/h2-3,8-11,13H,4-7,15H2,1H3,(H,17,18)/t10-,11?,13?/m0/s1. The number of carbonyl (C=O) groups excluding carboxylic acids is 1. The van der Waals surface area contributed by atoms with Gasteiger partial charge in [-0.15, -0.1) is 0 Å². The largest absolute Gasteiger partial charge is 0.349 e. The monoisotopic (exact) mass is 247 g/mol. The SMILES string of the molecule is C[C@H](NC(=O)C1CCC(N)CC1)c1cccnc1. The van der Waals surface area contributed by atoms with E-state index in [4.69, 9.17) is 5.73 Å². The number of rotatable bonds is 3. The van der Waals surface area contributed by atoms with Gasteiger partial charge < -0.3 is 11.1 Å². The summed E-state index contributed by atoms with van der Waals surface area (Å²) in [6.45, 7) is 1.99. The molecule has 0 radical (unpaired) electrons. The van der Waals surface area contributed by atoms with Gasteiger partial charge in [0.2, 0.25) is 5.91 Å². The Labute approximate surface area is 108 Å². The molecule has 0 aliphatic heterocycles. The highest BCUT2D eigenvalue weighted by Crippen LogP contribution is 2.24. The van der Waals surface area contributed by atoms with E-state index in [1.165, 1.54) is 0 Å². The zero-order valence-electron chi connectivity index (χ0n) is 10.8. The third-order valence-corrected chi connectivity index (χ3v) is 3.69. The molecular weight excluding hydrogens is 226 g/mol. The lowest BCUT2D eigenvalue weighted by molar-refractivity contribution is -0.126. The summed E-state index contributed by atoms with van der Waals surface area (Å²) in [5.41, 5.74) is 6.89. The van der Waals surface area contributed by atoms with Crippen LogP contribution in [0.5, 0.6) is 0 Å². The average molecular weight is 247 g/mol. The molecule has 1 amide bonds. The van der Waals surface area contributed by atoms with E-state index in [9.17, 15) is 4.79 Å². The summed E-state index contributed by atoms with van der Waals surface area (Å²) in [5, 5.41) is 3.06. The van der Waals surface area contributed by atoms with Crippen molar-refractivity contribution in [1.29, 1.82) is 0 Å². The number of hydrogen-bond donors (Lipinski definition) is 2. The summed E-state index contributed by atoms with van der Waals surface area (Å²) in [7, 11) is 0. The number of aromatic nitrogens is 1. The molecule has 3 N–H and O–H groups in total. The molecule has 1 aromatic rings. The quantitative estimate of drug-likeness (QED) is 0.855. The van der Waals surface area contributed by atoms with Gasteiger partial charge in [-0.25, -0.2) is 0 Å². The number of pyridine rings is 1. The molecule has 1 saturated carbocycles. The maximum Gasteiger partial charge on any atom is 0.223 e. The highest BCUT2D eigenvalue weighted by atomic mass is 16.1. The first-order chi connectivity index (χ1) is 8.66. The number of amides is 1. The maximum absolute atomic E-state index is 12.1. The van der Waals surface area contributed by atoms with Crippen LogP contribution in [-0.2, 0) is 4.79 Å². The van der Waals surface area contributed by atoms with Crippen molar-refractivity contribution in [3.63, 3.8) is 0 Å². The van der Waals surface area contributed by atoms with Gasteiger partial charge in [0.25, 0.3) is 0 Å². The molecule has 98 valence electrons. The molecule has 0 aromatic carbocycles. The van der Waals surface area contributed by atoms with Crippen LogP contribution in [0.2, 0.25) is 0 Å². The fourth-order valence-corrected chi connectivity index (χ4v) is 2.43. The summed E-state index contributed by atoms with van der Waals surface area (Å²) in [4.78, 5) is 16.2. The molecule has 1 atom stereocenters. The van der Waals surface area contributed by atoms with E-state index in [2.05, 4.69) is 10.3 Å². The molecule has 0 bridgehead atoms. The third-order valence-electron chi connectivity index (χ3n) is 3.69. The van der Waals surface area contributed by atoms with E-state index in [0.29, 0.717) is 0 Å². The Hall–Kier alpha value is -1.42. The lowest BCUT2D eigenvalue weighted by Gasteiger charge is -2.26. The lowest BCUT2D eigenvalue weighted by Crippen LogP contribution is -2.37. The molecule has 4 nitrogen and oxygen atoms in total. The number of hydrogen-bond acceptors (Lipinski definition) is 3. The third kappa shape index (κ3) is 3.29. The molecule has 4 heteroatoms. The first-order valence-electron chi connectivity index (χ1n) is 6.62. The van der Waals surface area contributed by atoms with Crippen LogP contribution in [0.25, 0.3) is 0 Å². The lowest BCUT2D eigenvalue weighted by atomic mass is 9.86. The minimum atomic E-state index is 0.0156. The molecule has 0 unspecified atom stereocenters. The van der Waals surface area contributed by atoms with Gasteiger partial charge in [-0.05, 0) is 44.2 Å². The van der Waals surface area contributed by atoms with E-state index >= 15 is 0 Å². The molecule has 1 fully saturated rings. The van der Waals surface area contributed by atoms with Crippen molar-refractivity contribution in [2.24, 2.45) is 11.7 Å². The molecule has 0 spiro atoms. The van der Waals surface area contributed by atoms with Gasteiger partial charge in [-0.3, -0.25) is 9.78 Å². The highest BCUT2D eigenvalue weighted by Gasteiger charge is 2.25. The first-order valence-corrected chi connectivity index (χ1v) is 6.62. The summed E-state index contributed by atoms with van der Waals surface area (Å²) >= 11 is 0. The van der Waals surface area contributed by atoms with Crippen molar-refractivity contribution in [3.05, 3.63) is 30.1 Å². The van der Waals surface area contributed by atoms with E-state index < -0.39 is 0 Å². The van der Waals surface area contributed by atoms with Crippen LogP contribution in [0.15, 0.2) is 24.5 Å². The molecule has 1 aromatic heterocycles. The van der Waals surface area contributed by atoms with Crippen molar-refractivity contribution >= 4 is 5.91 Å². The van der Waals surface area contributed by atoms with E-state index in [0.717, 1.165) is 31.2 Å². The minimum absolute atomic E-state index is 0.0156. The van der Waals surface area contributed by atoms with E-state index in [1.54, 1.807) is 12.4 Å². The second-order valence-electron chi connectivity index (χ2n) is 5.13. The minimum Gasteiger partial charge on any atom is -0.349 e. The molecule has 1 aliphatic rings. The van der Waals surface area contributed by atoms with Crippen molar-refractivity contribution in [2.45, 2.75) is 44.7 Å². The molecule has 2 rings (SSSR count). The Balaban J connectivity index is 1.87. The van der Waals surface area contributed by atoms with Crippen LogP contribution < -0.4 is 11.1 Å². The average Bonchev–Trinajstić information content (AvgIpc) is 2.40. The predicted molar refractivity (Wildman–Crippen MR) is 70.7 cm³/mol. The van der Waals surface area contributed by atoms with Gasteiger partial charge in [0.1, 0.15) is 0 Å². The van der Waals surface area contributed by atoms with E-state index in [-0.39, 0.29) is 23.9 Å². The Morgan fingerprint density at radius 1 is 1.44 bits per heavy atom. The number of carbonyl (C=O) groups is 1. The fourth-order valence-electron chi connectivity index (χ4n) is 2.43. The summed E-state index contributed by atoms with van der Waals surface area (Å²) in [6, 6.07) is 4.17. The highest BCUT2D eigenvalue weighted by molar-refractivity contribution is 5.79. The molecular formula is C14H21N3O. The Kier molecular flexibility index (Phi) is 4.31. The van der Waals surface area contributed by atoms with Gasteiger partial charge in [0.05, 0.1) is 6.04 Å². The van der Waals surface area contributed by atoms with Crippen LogP contribution >= 0.6 is 0 Å². The number of nitrogens with zero attached hydrogens (tertiary/aromatic N) is 1. The second-order valence-corrected chi connectivity index (χ2v) is 5.13. The van der Waals surface area contributed by atoms with Crippen LogP contribution in [0.3, 0.4) is 0 Å². The summed E-state index contributed by atoms with van der Waals surface area (Å²) < 4.78 is 0.